The number of anilines is 1. The Hall–Kier alpha value is -3.88. The van der Waals surface area contributed by atoms with Crippen LogP contribution in [0.15, 0.2) is 84.4 Å². The third-order valence-corrected chi connectivity index (χ3v) is 4.13. The fourth-order valence-electron chi connectivity index (χ4n) is 2.42. The molecule has 0 aromatic heterocycles. The van der Waals surface area contributed by atoms with Gasteiger partial charge in [-0.1, -0.05) is 41.9 Å². The highest BCUT2D eigenvalue weighted by atomic mass is 35.5. The lowest BCUT2D eigenvalue weighted by molar-refractivity contribution is -0.112. The Labute approximate surface area is 172 Å². The first kappa shape index (κ1) is 19.9. The molecule has 142 valence electrons. The summed E-state index contributed by atoms with van der Waals surface area (Å²) in [6, 6.07) is 23.6. The van der Waals surface area contributed by atoms with Crippen molar-refractivity contribution in [2.75, 3.05) is 5.32 Å². The largest absolute Gasteiger partial charge is 0.423 e. The van der Waals surface area contributed by atoms with E-state index in [1.54, 1.807) is 72.8 Å². The zero-order valence-electron chi connectivity index (χ0n) is 15.1. The standard InChI is InChI=1S/C23H15ClN2O3/c24-19-8-10-20(11-9-19)26-22(27)18(15-25)14-16-6-12-21(13-7-16)29-23(28)17-4-2-1-3-5-17/h1-14H,(H,26,27). The van der Waals surface area contributed by atoms with Gasteiger partial charge in [0.2, 0.25) is 0 Å². The first-order chi connectivity index (χ1) is 14.0. The topological polar surface area (TPSA) is 79.2 Å². The Balaban J connectivity index is 1.68. The molecule has 5 nitrogen and oxygen atoms in total. The molecular formula is C23H15ClN2O3. The third-order valence-electron chi connectivity index (χ3n) is 3.88. The van der Waals surface area contributed by atoms with Gasteiger partial charge in [-0.15, -0.1) is 0 Å². The van der Waals surface area contributed by atoms with Gasteiger partial charge in [0, 0.05) is 10.7 Å². The number of halogens is 1. The van der Waals surface area contributed by atoms with Crippen LogP contribution in [0.1, 0.15) is 15.9 Å². The van der Waals surface area contributed by atoms with Crippen LogP contribution in [0.3, 0.4) is 0 Å². The monoisotopic (exact) mass is 402 g/mol. The van der Waals surface area contributed by atoms with Gasteiger partial charge < -0.3 is 10.1 Å². The van der Waals surface area contributed by atoms with Crippen molar-refractivity contribution in [2.45, 2.75) is 0 Å². The maximum absolute atomic E-state index is 12.3. The number of carbonyl (C=O) groups is 2. The molecule has 0 aliphatic carbocycles. The van der Waals surface area contributed by atoms with Crippen molar-refractivity contribution < 1.29 is 14.3 Å². The van der Waals surface area contributed by atoms with Crippen molar-refractivity contribution in [1.29, 1.82) is 5.26 Å². The van der Waals surface area contributed by atoms with E-state index >= 15 is 0 Å². The molecule has 0 bridgehead atoms. The van der Waals surface area contributed by atoms with Crippen molar-refractivity contribution in [3.05, 3.63) is 101 Å². The first-order valence-corrected chi connectivity index (χ1v) is 8.99. The molecule has 0 aliphatic heterocycles. The first-order valence-electron chi connectivity index (χ1n) is 8.61. The Kier molecular flexibility index (Phi) is 6.41. The van der Waals surface area contributed by atoms with Crippen molar-refractivity contribution >= 4 is 35.2 Å². The SMILES string of the molecule is N#CC(=Cc1ccc(OC(=O)c2ccccc2)cc1)C(=O)Nc1ccc(Cl)cc1. The predicted molar refractivity (Wildman–Crippen MR) is 112 cm³/mol. The van der Waals surface area contributed by atoms with Crippen molar-refractivity contribution in [3.8, 4) is 11.8 Å². The molecule has 0 atom stereocenters. The molecule has 0 saturated carbocycles. The Bertz CT molecular complexity index is 1080. The molecule has 0 saturated heterocycles. The van der Waals surface area contributed by atoms with E-state index in [0.29, 0.717) is 27.6 Å². The van der Waals surface area contributed by atoms with Crippen molar-refractivity contribution in [2.24, 2.45) is 0 Å². The molecule has 0 unspecified atom stereocenters. The Morgan fingerprint density at radius 1 is 0.931 bits per heavy atom. The predicted octanol–water partition coefficient (Wildman–Crippen LogP) is 5.10. The number of carbonyl (C=O) groups excluding carboxylic acids is 2. The molecule has 1 amide bonds. The molecular weight excluding hydrogens is 388 g/mol. The van der Waals surface area contributed by atoms with E-state index in [1.165, 1.54) is 6.08 Å². The summed E-state index contributed by atoms with van der Waals surface area (Å²) in [6.07, 6.45) is 1.45. The molecule has 0 radical (unpaired) electrons. The highest BCUT2D eigenvalue weighted by Gasteiger charge is 2.10. The molecule has 0 fully saturated rings. The number of rotatable bonds is 5. The van der Waals surface area contributed by atoms with Crippen LogP contribution < -0.4 is 10.1 Å². The Morgan fingerprint density at radius 3 is 2.21 bits per heavy atom. The Morgan fingerprint density at radius 2 is 1.59 bits per heavy atom. The van der Waals surface area contributed by atoms with Crippen LogP contribution in [-0.4, -0.2) is 11.9 Å². The zero-order valence-corrected chi connectivity index (χ0v) is 15.9. The molecule has 29 heavy (non-hydrogen) atoms. The van der Waals surface area contributed by atoms with Gasteiger partial charge in [0.05, 0.1) is 5.56 Å². The number of amides is 1. The minimum Gasteiger partial charge on any atom is -0.423 e. The van der Waals surface area contributed by atoms with Gasteiger partial charge in [-0.3, -0.25) is 4.79 Å². The van der Waals surface area contributed by atoms with Gasteiger partial charge in [-0.2, -0.15) is 5.26 Å². The molecule has 0 aliphatic rings. The minimum absolute atomic E-state index is 0.0611. The summed E-state index contributed by atoms with van der Waals surface area (Å²) in [5.41, 5.74) is 1.53. The molecule has 1 N–H and O–H groups in total. The summed E-state index contributed by atoms with van der Waals surface area (Å²) in [5.74, 6) is -0.636. The number of hydrogen-bond donors (Lipinski definition) is 1. The number of hydrogen-bond acceptors (Lipinski definition) is 4. The normalized spacial score (nSPS) is 10.7. The lowest BCUT2D eigenvalue weighted by atomic mass is 10.1. The van der Waals surface area contributed by atoms with E-state index in [-0.39, 0.29) is 5.57 Å². The fraction of sp³-hybridized carbons (Fsp3) is 0. The number of esters is 1. The molecule has 3 aromatic carbocycles. The van der Waals surface area contributed by atoms with E-state index in [4.69, 9.17) is 16.3 Å². The molecule has 3 aromatic rings. The van der Waals surface area contributed by atoms with E-state index in [1.807, 2.05) is 12.1 Å². The van der Waals surface area contributed by atoms with Gasteiger partial charge in [0.25, 0.3) is 5.91 Å². The summed E-state index contributed by atoms with van der Waals surface area (Å²) < 4.78 is 5.31. The van der Waals surface area contributed by atoms with Gasteiger partial charge in [0.1, 0.15) is 17.4 Å². The number of ether oxygens (including phenoxy) is 1. The van der Waals surface area contributed by atoms with Crippen LogP contribution in [0.5, 0.6) is 5.75 Å². The van der Waals surface area contributed by atoms with Crippen LogP contribution in [-0.2, 0) is 4.79 Å². The number of nitrogens with one attached hydrogen (secondary N) is 1. The van der Waals surface area contributed by atoms with Crippen LogP contribution >= 0.6 is 11.6 Å². The van der Waals surface area contributed by atoms with E-state index < -0.39 is 11.9 Å². The summed E-state index contributed by atoms with van der Waals surface area (Å²) in [7, 11) is 0. The van der Waals surface area contributed by atoms with E-state index in [9.17, 15) is 14.9 Å². The maximum atomic E-state index is 12.3. The second-order valence-corrected chi connectivity index (χ2v) is 6.39. The van der Waals surface area contributed by atoms with E-state index in [0.717, 1.165) is 0 Å². The average Bonchev–Trinajstić information content (AvgIpc) is 2.75. The second kappa shape index (κ2) is 9.36. The third kappa shape index (κ3) is 5.55. The van der Waals surface area contributed by atoms with E-state index in [2.05, 4.69) is 5.32 Å². The van der Waals surface area contributed by atoms with Crippen LogP contribution in [0.4, 0.5) is 5.69 Å². The summed E-state index contributed by atoms with van der Waals surface area (Å²) in [4.78, 5) is 24.4. The number of nitrogens with zero attached hydrogens (tertiary/aromatic N) is 1. The summed E-state index contributed by atoms with van der Waals surface area (Å²) in [5, 5.41) is 12.5. The number of nitriles is 1. The van der Waals surface area contributed by atoms with Gasteiger partial charge in [0.15, 0.2) is 0 Å². The van der Waals surface area contributed by atoms with Crippen LogP contribution in [0.25, 0.3) is 6.08 Å². The molecule has 0 spiro atoms. The fourth-order valence-corrected chi connectivity index (χ4v) is 2.55. The lowest BCUT2D eigenvalue weighted by Crippen LogP contribution is -2.13. The molecule has 6 heteroatoms. The van der Waals surface area contributed by atoms with Gasteiger partial charge in [-0.05, 0) is 60.2 Å². The maximum Gasteiger partial charge on any atom is 0.343 e. The number of benzene rings is 3. The van der Waals surface area contributed by atoms with Crippen molar-refractivity contribution in [1.82, 2.24) is 0 Å². The molecule has 3 rings (SSSR count). The van der Waals surface area contributed by atoms with Gasteiger partial charge >= 0.3 is 5.97 Å². The smallest absolute Gasteiger partial charge is 0.343 e. The highest BCUT2D eigenvalue weighted by molar-refractivity contribution is 6.30. The minimum atomic E-state index is -0.533. The average molecular weight is 403 g/mol. The zero-order chi connectivity index (χ0) is 20.6. The second-order valence-electron chi connectivity index (χ2n) is 5.96. The quantitative estimate of drug-likeness (QED) is 0.278. The van der Waals surface area contributed by atoms with Crippen molar-refractivity contribution in [3.63, 3.8) is 0 Å². The van der Waals surface area contributed by atoms with Gasteiger partial charge in [-0.25, -0.2) is 4.79 Å². The van der Waals surface area contributed by atoms with Crippen LogP contribution in [0.2, 0.25) is 5.02 Å². The highest BCUT2D eigenvalue weighted by Crippen LogP contribution is 2.18. The lowest BCUT2D eigenvalue weighted by Gasteiger charge is -2.06. The summed E-state index contributed by atoms with van der Waals surface area (Å²) >= 11 is 5.82. The summed E-state index contributed by atoms with van der Waals surface area (Å²) in [6.45, 7) is 0. The van der Waals surface area contributed by atoms with Crippen LogP contribution in [0, 0.1) is 11.3 Å². The molecule has 0 heterocycles.